The Morgan fingerprint density at radius 3 is 2.18 bits per heavy atom. The number of amides is 1. The fourth-order valence-electron chi connectivity index (χ4n) is 3.88. The van der Waals surface area contributed by atoms with Gasteiger partial charge in [0.15, 0.2) is 0 Å². The van der Waals surface area contributed by atoms with Crippen molar-refractivity contribution in [2.45, 2.75) is 44.7 Å². The highest BCUT2D eigenvalue weighted by Gasteiger charge is 2.38. The number of hydrogen-bond donors (Lipinski definition) is 0. The van der Waals surface area contributed by atoms with Crippen molar-refractivity contribution in [3.8, 4) is 0 Å². The van der Waals surface area contributed by atoms with Gasteiger partial charge in [0.1, 0.15) is 0 Å². The van der Waals surface area contributed by atoms with Crippen molar-refractivity contribution >= 4 is 29.1 Å². The van der Waals surface area contributed by atoms with Crippen LogP contribution in [0.3, 0.4) is 0 Å². The number of carbonyl (C=O) groups is 1. The van der Waals surface area contributed by atoms with Crippen LogP contribution in [0.5, 0.6) is 0 Å². The second kappa shape index (κ2) is 10.3. The van der Waals surface area contributed by atoms with Gasteiger partial charge in [0.05, 0.1) is 18.7 Å². The molecule has 0 bridgehead atoms. The molecule has 2 heterocycles. The van der Waals surface area contributed by atoms with Gasteiger partial charge in [0.25, 0.3) is 0 Å². The molecule has 3 unspecified atom stereocenters. The molecule has 0 saturated carbocycles. The highest BCUT2D eigenvalue weighted by Crippen LogP contribution is 2.37. The molecule has 0 aromatic heterocycles. The molecule has 3 nitrogen and oxygen atoms in total. The van der Waals surface area contributed by atoms with Crippen molar-refractivity contribution in [3.63, 3.8) is 0 Å². The molecule has 28 heavy (non-hydrogen) atoms. The predicted molar refractivity (Wildman–Crippen MR) is 115 cm³/mol. The molecule has 1 amide bonds. The van der Waals surface area contributed by atoms with Crippen molar-refractivity contribution < 1.29 is 9.53 Å². The standard InChI is InChI=1S/C17H22ClNO2.C6H5Cl/c1-12-4-9-16(13-5-7-14(18)8-6-13)19(17(12)20)15-3-2-10-21-11-15;7-6-4-2-1-3-5-6/h5-8,12,15-16H,2-4,9-11H2,1H3;1-5H. The van der Waals surface area contributed by atoms with Gasteiger partial charge in [-0.25, -0.2) is 0 Å². The molecule has 5 heteroatoms. The summed E-state index contributed by atoms with van der Waals surface area (Å²) in [7, 11) is 0. The number of ether oxygens (including phenoxy) is 1. The van der Waals surface area contributed by atoms with Crippen LogP contribution in [-0.2, 0) is 9.53 Å². The Hall–Kier alpha value is -1.55. The number of nitrogens with zero attached hydrogens (tertiary/aromatic N) is 1. The second-order valence-corrected chi connectivity index (χ2v) is 8.33. The minimum Gasteiger partial charge on any atom is -0.379 e. The van der Waals surface area contributed by atoms with Gasteiger partial charge < -0.3 is 9.64 Å². The first-order valence-corrected chi connectivity index (χ1v) is 10.7. The molecule has 0 aliphatic carbocycles. The number of halogens is 2. The highest BCUT2D eigenvalue weighted by molar-refractivity contribution is 6.30. The van der Waals surface area contributed by atoms with E-state index in [1.807, 2.05) is 61.5 Å². The van der Waals surface area contributed by atoms with Crippen molar-refractivity contribution in [1.82, 2.24) is 4.90 Å². The summed E-state index contributed by atoms with van der Waals surface area (Å²) in [5.41, 5.74) is 1.19. The molecule has 0 N–H and O–H groups in total. The third kappa shape index (κ3) is 5.50. The van der Waals surface area contributed by atoms with E-state index in [1.165, 1.54) is 5.56 Å². The Kier molecular flexibility index (Phi) is 7.78. The van der Waals surface area contributed by atoms with Crippen molar-refractivity contribution in [2.24, 2.45) is 5.92 Å². The third-order valence-electron chi connectivity index (χ3n) is 5.40. The molecule has 150 valence electrons. The first kappa shape index (κ1) is 21.2. The zero-order valence-corrected chi connectivity index (χ0v) is 17.7. The fraction of sp³-hybridized carbons (Fsp3) is 0.435. The maximum Gasteiger partial charge on any atom is 0.226 e. The maximum atomic E-state index is 12.7. The maximum absolute atomic E-state index is 12.7. The van der Waals surface area contributed by atoms with Gasteiger partial charge in [0.2, 0.25) is 5.91 Å². The van der Waals surface area contributed by atoms with Crippen LogP contribution in [0.1, 0.15) is 44.2 Å². The van der Waals surface area contributed by atoms with Crippen LogP contribution in [-0.4, -0.2) is 30.1 Å². The van der Waals surface area contributed by atoms with Crippen molar-refractivity contribution in [3.05, 3.63) is 70.2 Å². The first-order valence-electron chi connectivity index (χ1n) is 9.92. The van der Waals surface area contributed by atoms with Crippen LogP contribution in [0, 0.1) is 5.92 Å². The average molecular weight is 420 g/mol. The summed E-state index contributed by atoms with van der Waals surface area (Å²) in [5, 5.41) is 1.53. The molecular formula is C23H27Cl2NO2. The van der Waals surface area contributed by atoms with Gasteiger partial charge in [-0.15, -0.1) is 0 Å². The number of benzene rings is 2. The molecular weight excluding hydrogens is 393 g/mol. The van der Waals surface area contributed by atoms with E-state index in [0.29, 0.717) is 6.61 Å². The van der Waals surface area contributed by atoms with Crippen LogP contribution in [0.2, 0.25) is 10.0 Å². The van der Waals surface area contributed by atoms with E-state index in [2.05, 4.69) is 4.90 Å². The largest absolute Gasteiger partial charge is 0.379 e. The van der Waals surface area contributed by atoms with Crippen LogP contribution in [0.4, 0.5) is 0 Å². The van der Waals surface area contributed by atoms with Crippen molar-refractivity contribution in [2.75, 3.05) is 13.2 Å². The lowest BCUT2D eigenvalue weighted by Gasteiger charge is -2.44. The molecule has 2 aromatic carbocycles. The van der Waals surface area contributed by atoms with Crippen LogP contribution in [0.15, 0.2) is 54.6 Å². The Morgan fingerprint density at radius 1 is 0.929 bits per heavy atom. The van der Waals surface area contributed by atoms with Gasteiger partial charge in [-0.2, -0.15) is 0 Å². The summed E-state index contributed by atoms with van der Waals surface area (Å²) in [6.45, 7) is 3.53. The summed E-state index contributed by atoms with van der Waals surface area (Å²) in [5.74, 6) is 0.396. The van der Waals surface area contributed by atoms with E-state index in [-0.39, 0.29) is 23.9 Å². The lowest BCUT2D eigenvalue weighted by atomic mass is 9.87. The molecule has 3 atom stereocenters. The van der Waals surface area contributed by atoms with Gasteiger partial charge in [-0.05, 0) is 55.5 Å². The van der Waals surface area contributed by atoms with Gasteiger partial charge in [-0.1, -0.05) is 60.5 Å². The lowest BCUT2D eigenvalue weighted by molar-refractivity contribution is -0.148. The van der Waals surface area contributed by atoms with E-state index in [4.69, 9.17) is 27.9 Å². The third-order valence-corrected chi connectivity index (χ3v) is 5.91. The first-order chi connectivity index (χ1) is 13.6. The van der Waals surface area contributed by atoms with E-state index >= 15 is 0 Å². The molecule has 2 aliphatic heterocycles. The Bertz CT molecular complexity index is 745. The van der Waals surface area contributed by atoms with Crippen LogP contribution < -0.4 is 0 Å². The quantitative estimate of drug-likeness (QED) is 0.583. The molecule has 4 rings (SSSR count). The molecule has 2 aromatic rings. The van der Waals surface area contributed by atoms with E-state index in [9.17, 15) is 4.79 Å². The highest BCUT2D eigenvalue weighted by atomic mass is 35.5. The zero-order valence-electron chi connectivity index (χ0n) is 16.2. The predicted octanol–water partition coefficient (Wildman–Crippen LogP) is 6.16. The summed E-state index contributed by atoms with van der Waals surface area (Å²) in [4.78, 5) is 14.8. The van der Waals surface area contributed by atoms with E-state index in [0.717, 1.165) is 42.3 Å². The van der Waals surface area contributed by atoms with Crippen LogP contribution >= 0.6 is 23.2 Å². The molecule has 0 radical (unpaired) electrons. The van der Waals surface area contributed by atoms with Crippen LogP contribution in [0.25, 0.3) is 0 Å². The van der Waals surface area contributed by atoms with E-state index < -0.39 is 0 Å². The molecule has 2 fully saturated rings. The second-order valence-electron chi connectivity index (χ2n) is 7.46. The molecule has 2 aliphatic rings. The van der Waals surface area contributed by atoms with Gasteiger partial charge in [0, 0.05) is 22.6 Å². The Morgan fingerprint density at radius 2 is 1.61 bits per heavy atom. The average Bonchev–Trinajstić information content (AvgIpc) is 2.72. The Labute approximate surface area is 177 Å². The SMILES string of the molecule is CC1CCC(c2ccc(Cl)cc2)N(C2CCCOC2)C1=O.Clc1ccccc1. The van der Waals surface area contributed by atoms with Gasteiger partial charge >= 0.3 is 0 Å². The smallest absolute Gasteiger partial charge is 0.226 e. The number of carbonyl (C=O) groups excluding carboxylic acids is 1. The summed E-state index contributed by atoms with van der Waals surface area (Å²) in [6.07, 6.45) is 4.06. The molecule has 0 spiro atoms. The Balaban J connectivity index is 0.000000271. The minimum atomic E-state index is 0.121. The topological polar surface area (TPSA) is 29.5 Å². The fourth-order valence-corrected chi connectivity index (χ4v) is 4.15. The number of hydrogen-bond acceptors (Lipinski definition) is 2. The van der Waals surface area contributed by atoms with Gasteiger partial charge in [-0.3, -0.25) is 4.79 Å². The monoisotopic (exact) mass is 419 g/mol. The summed E-state index contributed by atoms with van der Waals surface area (Å²) in [6, 6.07) is 17.7. The molecule has 2 saturated heterocycles. The number of rotatable bonds is 2. The minimum absolute atomic E-state index is 0.121. The summed E-state index contributed by atoms with van der Waals surface area (Å²) >= 11 is 11.5. The lowest BCUT2D eigenvalue weighted by Crippen LogP contribution is -2.51. The zero-order chi connectivity index (χ0) is 19.9. The van der Waals surface area contributed by atoms with Crippen molar-refractivity contribution in [1.29, 1.82) is 0 Å². The van der Waals surface area contributed by atoms with E-state index in [1.54, 1.807) is 0 Å². The summed E-state index contributed by atoms with van der Waals surface area (Å²) < 4.78 is 5.61. The number of piperidine rings is 1. The normalized spacial score (nSPS) is 25.0. The number of likely N-dealkylation sites (tertiary alicyclic amines) is 1.